The first-order valence-electron chi connectivity index (χ1n) is 5.46. The largest absolute Gasteiger partial charge is 0.276 e. The number of hydrogen-bond donors (Lipinski definition) is 2. The van der Waals surface area contributed by atoms with Gasteiger partial charge in [0.05, 0.1) is 0 Å². The van der Waals surface area contributed by atoms with E-state index in [9.17, 15) is 8.42 Å². The van der Waals surface area contributed by atoms with Gasteiger partial charge in [0.1, 0.15) is 0 Å². The van der Waals surface area contributed by atoms with E-state index in [0.717, 1.165) is 24.3 Å². The molecule has 0 atom stereocenters. The van der Waals surface area contributed by atoms with Crippen LogP contribution in [0.2, 0.25) is 5.02 Å². The second-order valence-electron chi connectivity index (χ2n) is 3.69. The minimum atomic E-state index is -3.29. The van der Waals surface area contributed by atoms with E-state index >= 15 is 0 Å². The van der Waals surface area contributed by atoms with Gasteiger partial charge < -0.3 is 0 Å². The Balaban J connectivity index is 2.21. The van der Waals surface area contributed by atoms with Crippen molar-refractivity contribution in [3.05, 3.63) is 34.9 Å². The molecule has 96 valence electrons. The summed E-state index contributed by atoms with van der Waals surface area (Å²) in [6, 6.07) is 7.70. The van der Waals surface area contributed by atoms with Crippen molar-refractivity contribution in [3.63, 3.8) is 0 Å². The van der Waals surface area contributed by atoms with Crippen LogP contribution in [0.3, 0.4) is 0 Å². The van der Waals surface area contributed by atoms with Crippen LogP contribution in [0.25, 0.3) is 0 Å². The van der Waals surface area contributed by atoms with Crippen LogP contribution in [0.1, 0.15) is 18.4 Å². The molecule has 1 aromatic rings. The Morgan fingerprint density at radius 1 is 1.29 bits per heavy atom. The van der Waals surface area contributed by atoms with Crippen molar-refractivity contribution in [3.8, 4) is 0 Å². The summed E-state index contributed by atoms with van der Waals surface area (Å²) < 4.78 is 26.7. The zero-order valence-electron chi connectivity index (χ0n) is 9.74. The van der Waals surface area contributed by atoms with E-state index in [1.54, 1.807) is 0 Å². The van der Waals surface area contributed by atoms with Crippen LogP contribution in [0.5, 0.6) is 0 Å². The van der Waals surface area contributed by atoms with Gasteiger partial charge in [-0.1, -0.05) is 23.7 Å². The summed E-state index contributed by atoms with van der Waals surface area (Å²) in [5.74, 6) is 0. The Morgan fingerprint density at radius 3 is 2.71 bits per heavy atom. The molecule has 0 aliphatic rings. The molecule has 2 N–H and O–H groups in total. The summed E-state index contributed by atoms with van der Waals surface area (Å²) in [6.07, 6.45) is 2.63. The van der Waals surface area contributed by atoms with E-state index in [1.807, 2.05) is 24.3 Å². The van der Waals surface area contributed by atoms with Gasteiger partial charge in [0, 0.05) is 18.6 Å². The third-order valence-electron chi connectivity index (χ3n) is 2.34. The number of unbranched alkanes of at least 4 members (excludes halogenated alkanes) is 1. The molecule has 0 aliphatic carbocycles. The average molecular weight is 277 g/mol. The normalized spacial score (nSPS) is 11.6. The van der Waals surface area contributed by atoms with Crippen LogP contribution in [0, 0.1) is 0 Å². The fourth-order valence-electron chi connectivity index (χ4n) is 1.43. The fraction of sp³-hybridized carbons (Fsp3) is 0.455. The van der Waals surface area contributed by atoms with Gasteiger partial charge in [0.2, 0.25) is 0 Å². The summed E-state index contributed by atoms with van der Waals surface area (Å²) in [5, 5.41) is 0.735. The fourth-order valence-corrected chi connectivity index (χ4v) is 2.20. The molecule has 4 nitrogen and oxygen atoms in total. The molecule has 0 bridgehead atoms. The first-order chi connectivity index (χ1) is 8.03. The average Bonchev–Trinajstić information content (AvgIpc) is 2.29. The summed E-state index contributed by atoms with van der Waals surface area (Å²) in [4.78, 5) is 0. The predicted octanol–water partition coefficient (Wildman–Crippen LogP) is 1.72. The van der Waals surface area contributed by atoms with E-state index in [-0.39, 0.29) is 0 Å². The Labute approximate surface area is 108 Å². The number of benzene rings is 1. The third kappa shape index (κ3) is 6.02. The monoisotopic (exact) mass is 276 g/mol. The molecule has 1 rings (SSSR count). The van der Waals surface area contributed by atoms with Crippen molar-refractivity contribution in [2.75, 3.05) is 13.6 Å². The Bertz CT molecular complexity index is 449. The maximum atomic E-state index is 11.0. The van der Waals surface area contributed by atoms with Gasteiger partial charge in [-0.3, -0.25) is 0 Å². The molecule has 0 fully saturated rings. The SMILES string of the molecule is CNS(=O)(=O)NCCCCc1cccc(Cl)c1. The van der Waals surface area contributed by atoms with Crippen LogP contribution in [-0.4, -0.2) is 22.0 Å². The second kappa shape index (κ2) is 6.96. The van der Waals surface area contributed by atoms with Gasteiger partial charge in [-0.2, -0.15) is 8.42 Å². The van der Waals surface area contributed by atoms with Gasteiger partial charge >= 0.3 is 0 Å². The third-order valence-corrected chi connectivity index (χ3v) is 3.70. The minimum Gasteiger partial charge on any atom is -0.205 e. The second-order valence-corrected chi connectivity index (χ2v) is 5.83. The highest BCUT2D eigenvalue weighted by atomic mass is 35.5. The predicted molar refractivity (Wildman–Crippen MR) is 70.4 cm³/mol. The molecule has 1 aromatic carbocycles. The summed E-state index contributed by atoms with van der Waals surface area (Å²) >= 11 is 5.86. The Hall–Kier alpha value is -0.620. The van der Waals surface area contributed by atoms with Crippen LogP contribution >= 0.6 is 11.6 Å². The maximum Gasteiger partial charge on any atom is 0.276 e. The summed E-state index contributed by atoms with van der Waals surface area (Å²) in [6.45, 7) is 0.448. The van der Waals surface area contributed by atoms with E-state index < -0.39 is 10.2 Å². The van der Waals surface area contributed by atoms with Gasteiger partial charge in [0.15, 0.2) is 0 Å². The summed E-state index contributed by atoms with van der Waals surface area (Å²) in [7, 11) is -1.91. The Kier molecular flexibility index (Phi) is 5.91. The molecule has 0 spiro atoms. The van der Waals surface area contributed by atoms with Crippen molar-refractivity contribution in [2.24, 2.45) is 0 Å². The molecule has 0 aromatic heterocycles. The highest BCUT2D eigenvalue weighted by molar-refractivity contribution is 7.87. The molecule has 0 radical (unpaired) electrons. The lowest BCUT2D eigenvalue weighted by molar-refractivity contribution is 0.568. The molecular formula is C11H17ClN2O2S. The van der Waals surface area contributed by atoms with Crippen LogP contribution in [-0.2, 0) is 16.6 Å². The number of aryl methyl sites for hydroxylation is 1. The highest BCUT2D eigenvalue weighted by Gasteiger charge is 2.03. The van der Waals surface area contributed by atoms with Crippen LogP contribution in [0.15, 0.2) is 24.3 Å². The van der Waals surface area contributed by atoms with E-state index in [4.69, 9.17) is 11.6 Å². The Morgan fingerprint density at radius 2 is 2.06 bits per heavy atom. The molecule has 0 heterocycles. The van der Waals surface area contributed by atoms with Crippen molar-refractivity contribution in [2.45, 2.75) is 19.3 Å². The first-order valence-corrected chi connectivity index (χ1v) is 7.32. The number of nitrogens with one attached hydrogen (secondary N) is 2. The first kappa shape index (κ1) is 14.4. The molecule has 0 saturated heterocycles. The quantitative estimate of drug-likeness (QED) is 0.745. The molecule has 6 heteroatoms. The molecule has 0 aliphatic heterocycles. The molecular weight excluding hydrogens is 260 g/mol. The van der Waals surface area contributed by atoms with Crippen molar-refractivity contribution >= 4 is 21.8 Å². The molecule has 0 unspecified atom stereocenters. The minimum absolute atomic E-state index is 0.448. The topological polar surface area (TPSA) is 58.2 Å². The highest BCUT2D eigenvalue weighted by Crippen LogP contribution is 2.12. The molecule has 17 heavy (non-hydrogen) atoms. The smallest absolute Gasteiger partial charge is 0.205 e. The zero-order chi connectivity index (χ0) is 12.7. The van der Waals surface area contributed by atoms with E-state index in [2.05, 4.69) is 9.44 Å². The van der Waals surface area contributed by atoms with Gasteiger partial charge in [-0.05, 0) is 37.0 Å². The lowest BCUT2D eigenvalue weighted by Gasteiger charge is -2.05. The van der Waals surface area contributed by atoms with E-state index in [0.29, 0.717) is 6.54 Å². The molecule has 0 saturated carbocycles. The van der Waals surface area contributed by atoms with Crippen LogP contribution < -0.4 is 9.44 Å². The summed E-state index contributed by atoms with van der Waals surface area (Å²) in [5.41, 5.74) is 1.17. The van der Waals surface area contributed by atoms with Gasteiger partial charge in [-0.15, -0.1) is 0 Å². The zero-order valence-corrected chi connectivity index (χ0v) is 11.3. The lowest BCUT2D eigenvalue weighted by atomic mass is 10.1. The van der Waals surface area contributed by atoms with Crippen molar-refractivity contribution < 1.29 is 8.42 Å². The van der Waals surface area contributed by atoms with Crippen LogP contribution in [0.4, 0.5) is 0 Å². The van der Waals surface area contributed by atoms with Gasteiger partial charge in [0.25, 0.3) is 10.2 Å². The molecule has 0 amide bonds. The van der Waals surface area contributed by atoms with Gasteiger partial charge in [-0.25, -0.2) is 9.44 Å². The van der Waals surface area contributed by atoms with Crippen molar-refractivity contribution in [1.29, 1.82) is 0 Å². The lowest BCUT2D eigenvalue weighted by Crippen LogP contribution is -2.34. The van der Waals surface area contributed by atoms with Crippen molar-refractivity contribution in [1.82, 2.24) is 9.44 Å². The number of halogens is 1. The number of rotatable bonds is 7. The van der Waals surface area contributed by atoms with E-state index in [1.165, 1.54) is 12.6 Å². The number of hydrogen-bond acceptors (Lipinski definition) is 2. The standard InChI is InChI=1S/C11H17ClN2O2S/c1-13-17(15,16)14-8-3-2-5-10-6-4-7-11(12)9-10/h4,6-7,9,13-14H,2-3,5,8H2,1H3. The maximum absolute atomic E-state index is 11.0.